The Morgan fingerprint density at radius 1 is 1.35 bits per heavy atom. The van der Waals surface area contributed by atoms with Gasteiger partial charge in [-0.05, 0) is 30.3 Å². The lowest BCUT2D eigenvalue weighted by atomic mass is 10.1. The zero-order valence-corrected chi connectivity index (χ0v) is 12.7. The molecule has 2 aromatic rings. The number of ether oxygens (including phenoxy) is 1. The molecular weight excluding hydrogens is 320 g/mol. The Hall–Kier alpha value is -1.88. The van der Waals surface area contributed by atoms with Gasteiger partial charge < -0.3 is 10.1 Å². The molecule has 0 atom stereocenters. The van der Waals surface area contributed by atoms with Crippen molar-refractivity contribution >= 4 is 21.8 Å². The van der Waals surface area contributed by atoms with E-state index in [0.717, 1.165) is 15.7 Å². The number of pyridine rings is 1. The van der Waals surface area contributed by atoms with Crippen LogP contribution in [0.15, 0.2) is 47.1 Å². The molecule has 1 aromatic heterocycles. The summed E-state index contributed by atoms with van der Waals surface area (Å²) in [6.45, 7) is 0.427. The first kappa shape index (κ1) is 14.5. The van der Waals surface area contributed by atoms with E-state index in [4.69, 9.17) is 4.74 Å². The van der Waals surface area contributed by atoms with Gasteiger partial charge in [0.2, 0.25) is 5.91 Å². The average molecular weight is 335 g/mol. The Kier molecular flexibility index (Phi) is 5.12. The summed E-state index contributed by atoms with van der Waals surface area (Å²) >= 11 is 3.39. The third-order valence-corrected chi connectivity index (χ3v) is 3.28. The third kappa shape index (κ3) is 4.06. The number of aromatic nitrogens is 1. The van der Waals surface area contributed by atoms with Crippen molar-refractivity contribution in [2.75, 3.05) is 7.11 Å². The van der Waals surface area contributed by atoms with Crippen molar-refractivity contribution in [1.82, 2.24) is 10.3 Å². The number of carbonyl (C=O) groups is 1. The molecule has 1 aromatic carbocycles. The van der Waals surface area contributed by atoms with E-state index in [1.807, 2.05) is 36.4 Å². The number of amides is 1. The zero-order chi connectivity index (χ0) is 14.4. The van der Waals surface area contributed by atoms with E-state index in [-0.39, 0.29) is 12.3 Å². The van der Waals surface area contributed by atoms with Crippen LogP contribution < -0.4 is 10.1 Å². The van der Waals surface area contributed by atoms with Crippen LogP contribution in [0.4, 0.5) is 0 Å². The maximum Gasteiger partial charge on any atom is 0.224 e. The lowest BCUT2D eigenvalue weighted by Gasteiger charge is -2.09. The standard InChI is InChI=1S/C15H15BrN2O2/c1-20-14-6-5-12(16)8-11(14)9-15(19)18-10-13-4-2-3-7-17-13/h2-8H,9-10H2,1H3,(H,18,19). The van der Waals surface area contributed by atoms with Crippen LogP contribution in [0.25, 0.3) is 0 Å². The highest BCUT2D eigenvalue weighted by molar-refractivity contribution is 9.10. The van der Waals surface area contributed by atoms with Gasteiger partial charge in [0, 0.05) is 16.2 Å². The minimum atomic E-state index is -0.0629. The van der Waals surface area contributed by atoms with Gasteiger partial charge in [-0.15, -0.1) is 0 Å². The molecular formula is C15H15BrN2O2. The van der Waals surface area contributed by atoms with E-state index in [2.05, 4.69) is 26.2 Å². The molecule has 2 rings (SSSR count). The summed E-state index contributed by atoms with van der Waals surface area (Å²) < 4.78 is 6.17. The SMILES string of the molecule is COc1ccc(Br)cc1CC(=O)NCc1ccccn1. The monoisotopic (exact) mass is 334 g/mol. The van der Waals surface area contributed by atoms with Gasteiger partial charge in [0.15, 0.2) is 0 Å². The summed E-state index contributed by atoms with van der Waals surface area (Å²) in [4.78, 5) is 16.1. The fraction of sp³-hybridized carbons (Fsp3) is 0.200. The quantitative estimate of drug-likeness (QED) is 0.914. The Morgan fingerprint density at radius 3 is 2.90 bits per heavy atom. The first-order valence-corrected chi connectivity index (χ1v) is 6.97. The van der Waals surface area contributed by atoms with Gasteiger partial charge in [-0.25, -0.2) is 0 Å². The molecule has 0 aliphatic carbocycles. The molecule has 20 heavy (non-hydrogen) atoms. The number of hydrogen-bond acceptors (Lipinski definition) is 3. The largest absolute Gasteiger partial charge is 0.496 e. The molecule has 0 saturated heterocycles. The molecule has 4 nitrogen and oxygen atoms in total. The van der Waals surface area contributed by atoms with Crippen molar-refractivity contribution in [1.29, 1.82) is 0 Å². The van der Waals surface area contributed by atoms with Gasteiger partial charge >= 0.3 is 0 Å². The fourth-order valence-electron chi connectivity index (χ4n) is 1.81. The first-order valence-electron chi connectivity index (χ1n) is 6.18. The number of benzene rings is 1. The zero-order valence-electron chi connectivity index (χ0n) is 11.1. The maximum atomic E-state index is 12.0. The molecule has 0 aliphatic heterocycles. The van der Waals surface area contributed by atoms with Crippen LogP contribution in [0.1, 0.15) is 11.3 Å². The second kappa shape index (κ2) is 7.05. The van der Waals surface area contributed by atoms with Crippen molar-refractivity contribution in [3.05, 3.63) is 58.3 Å². The summed E-state index contributed by atoms with van der Waals surface area (Å²) in [7, 11) is 1.60. The topological polar surface area (TPSA) is 51.2 Å². The van der Waals surface area contributed by atoms with E-state index < -0.39 is 0 Å². The second-order valence-electron chi connectivity index (χ2n) is 4.23. The Morgan fingerprint density at radius 2 is 2.20 bits per heavy atom. The Balaban J connectivity index is 1.96. The lowest BCUT2D eigenvalue weighted by Crippen LogP contribution is -2.25. The van der Waals surface area contributed by atoms with Crippen molar-refractivity contribution in [2.24, 2.45) is 0 Å². The van der Waals surface area contributed by atoms with Gasteiger partial charge in [0.05, 0.1) is 25.8 Å². The van der Waals surface area contributed by atoms with Gasteiger partial charge in [-0.2, -0.15) is 0 Å². The Bertz CT molecular complexity index is 588. The van der Waals surface area contributed by atoms with Crippen molar-refractivity contribution < 1.29 is 9.53 Å². The number of rotatable bonds is 5. The van der Waals surface area contributed by atoms with Gasteiger partial charge in [-0.3, -0.25) is 9.78 Å². The van der Waals surface area contributed by atoms with Crippen molar-refractivity contribution in [2.45, 2.75) is 13.0 Å². The van der Waals surface area contributed by atoms with Crippen LogP contribution in [-0.2, 0) is 17.8 Å². The molecule has 0 bridgehead atoms. The maximum absolute atomic E-state index is 12.0. The molecule has 1 amide bonds. The number of nitrogens with zero attached hydrogens (tertiary/aromatic N) is 1. The molecule has 0 fully saturated rings. The summed E-state index contributed by atoms with van der Waals surface area (Å²) in [5, 5.41) is 2.85. The highest BCUT2D eigenvalue weighted by atomic mass is 79.9. The molecule has 104 valence electrons. The number of halogens is 1. The number of carbonyl (C=O) groups excluding carboxylic acids is 1. The van der Waals surface area contributed by atoms with E-state index in [0.29, 0.717) is 12.3 Å². The third-order valence-electron chi connectivity index (χ3n) is 2.79. The fourth-order valence-corrected chi connectivity index (χ4v) is 2.22. The van der Waals surface area contributed by atoms with Gasteiger partial charge in [0.1, 0.15) is 5.75 Å². The predicted octanol–water partition coefficient (Wildman–Crippen LogP) is 2.71. The van der Waals surface area contributed by atoms with Crippen molar-refractivity contribution in [3.8, 4) is 5.75 Å². The minimum absolute atomic E-state index is 0.0629. The predicted molar refractivity (Wildman–Crippen MR) is 80.5 cm³/mol. The highest BCUT2D eigenvalue weighted by Crippen LogP contribution is 2.23. The summed E-state index contributed by atoms with van der Waals surface area (Å²) in [5.74, 6) is 0.647. The lowest BCUT2D eigenvalue weighted by molar-refractivity contribution is -0.120. The van der Waals surface area contributed by atoms with Crippen LogP contribution in [0.5, 0.6) is 5.75 Å². The number of nitrogens with one attached hydrogen (secondary N) is 1. The summed E-state index contributed by atoms with van der Waals surface area (Å²) in [5.41, 5.74) is 1.68. The minimum Gasteiger partial charge on any atom is -0.496 e. The number of methoxy groups -OCH3 is 1. The molecule has 0 unspecified atom stereocenters. The van der Waals surface area contributed by atoms with E-state index in [1.165, 1.54) is 0 Å². The van der Waals surface area contributed by atoms with Crippen LogP contribution >= 0.6 is 15.9 Å². The molecule has 0 aliphatic rings. The van der Waals surface area contributed by atoms with E-state index in [1.54, 1.807) is 13.3 Å². The molecule has 0 spiro atoms. The molecule has 0 saturated carbocycles. The van der Waals surface area contributed by atoms with Gasteiger partial charge in [0.25, 0.3) is 0 Å². The van der Waals surface area contributed by atoms with Gasteiger partial charge in [-0.1, -0.05) is 22.0 Å². The van der Waals surface area contributed by atoms with Crippen molar-refractivity contribution in [3.63, 3.8) is 0 Å². The average Bonchev–Trinajstić information content (AvgIpc) is 2.46. The molecule has 0 radical (unpaired) electrons. The molecule has 1 N–H and O–H groups in total. The highest BCUT2D eigenvalue weighted by Gasteiger charge is 2.09. The normalized spacial score (nSPS) is 10.1. The summed E-state index contributed by atoms with van der Waals surface area (Å²) in [6.07, 6.45) is 1.98. The summed E-state index contributed by atoms with van der Waals surface area (Å²) in [6, 6.07) is 11.2. The smallest absolute Gasteiger partial charge is 0.224 e. The van der Waals surface area contributed by atoms with Crippen LogP contribution in [0, 0.1) is 0 Å². The van der Waals surface area contributed by atoms with Crippen LogP contribution in [0.3, 0.4) is 0 Å². The number of hydrogen-bond donors (Lipinski definition) is 1. The second-order valence-corrected chi connectivity index (χ2v) is 5.15. The van der Waals surface area contributed by atoms with E-state index >= 15 is 0 Å². The molecule has 1 heterocycles. The van der Waals surface area contributed by atoms with Crippen LogP contribution in [-0.4, -0.2) is 18.0 Å². The van der Waals surface area contributed by atoms with E-state index in [9.17, 15) is 4.79 Å². The molecule has 5 heteroatoms. The first-order chi connectivity index (χ1) is 9.69. The Labute approximate surface area is 126 Å². The van der Waals surface area contributed by atoms with Crippen LogP contribution in [0.2, 0.25) is 0 Å².